The van der Waals surface area contributed by atoms with Gasteiger partial charge in [0, 0.05) is 18.2 Å². The van der Waals surface area contributed by atoms with E-state index in [1.807, 2.05) is 20.8 Å². The molecule has 1 heterocycles. The van der Waals surface area contributed by atoms with Gasteiger partial charge >= 0.3 is 6.09 Å². The first-order valence-electron chi connectivity index (χ1n) is 7.42. The van der Waals surface area contributed by atoms with Gasteiger partial charge < -0.3 is 15.6 Å². The van der Waals surface area contributed by atoms with Gasteiger partial charge in [-0.1, -0.05) is 0 Å². The molecule has 0 aliphatic heterocycles. The van der Waals surface area contributed by atoms with Crippen LogP contribution in [0.5, 0.6) is 0 Å². The van der Waals surface area contributed by atoms with Crippen LogP contribution in [0.15, 0.2) is 12.5 Å². The van der Waals surface area contributed by atoms with Crippen LogP contribution in [0.2, 0.25) is 0 Å². The molecule has 1 aromatic heterocycles. The number of carbonyl (C=O) groups is 1. The van der Waals surface area contributed by atoms with E-state index in [2.05, 4.69) is 4.98 Å². The van der Waals surface area contributed by atoms with Crippen molar-refractivity contribution in [2.75, 3.05) is 6.54 Å². The zero-order chi connectivity index (χ0) is 15.7. The van der Waals surface area contributed by atoms with Gasteiger partial charge in [-0.25, -0.2) is 14.3 Å². The highest BCUT2D eigenvalue weighted by molar-refractivity contribution is 5.70. The second kappa shape index (κ2) is 5.77. The van der Waals surface area contributed by atoms with Gasteiger partial charge in [-0.3, -0.25) is 0 Å². The molecule has 1 aliphatic rings. The molecule has 0 spiro atoms. The smallest absolute Gasteiger partial charge is 0.419 e. The van der Waals surface area contributed by atoms with Crippen LogP contribution in [-0.2, 0) is 10.2 Å². The summed E-state index contributed by atoms with van der Waals surface area (Å²) >= 11 is 0. The third-order valence-electron chi connectivity index (χ3n) is 4.03. The van der Waals surface area contributed by atoms with E-state index >= 15 is 0 Å². The Bertz CT molecular complexity index is 497. The highest BCUT2D eigenvalue weighted by Crippen LogP contribution is 2.37. The van der Waals surface area contributed by atoms with E-state index in [9.17, 15) is 9.90 Å². The Morgan fingerprint density at radius 1 is 1.52 bits per heavy atom. The van der Waals surface area contributed by atoms with Gasteiger partial charge in [-0.15, -0.1) is 0 Å². The van der Waals surface area contributed by atoms with Crippen molar-refractivity contribution in [2.24, 2.45) is 5.73 Å². The number of aromatic nitrogens is 2. The Balaban J connectivity index is 2.16. The van der Waals surface area contributed by atoms with Crippen molar-refractivity contribution in [1.82, 2.24) is 9.55 Å². The first-order chi connectivity index (χ1) is 9.76. The van der Waals surface area contributed by atoms with Crippen LogP contribution in [0.1, 0.15) is 52.1 Å². The number of nitrogens with zero attached hydrogens (tertiary/aromatic N) is 2. The predicted octanol–water partition coefficient (Wildman–Crippen LogP) is 1.80. The third kappa shape index (κ3) is 3.63. The minimum absolute atomic E-state index is 0.244. The predicted molar refractivity (Wildman–Crippen MR) is 79.1 cm³/mol. The van der Waals surface area contributed by atoms with Gasteiger partial charge in [0.15, 0.2) is 0 Å². The fourth-order valence-electron chi connectivity index (χ4n) is 2.73. The van der Waals surface area contributed by atoms with E-state index in [1.165, 1.54) is 10.9 Å². The maximum Gasteiger partial charge on any atom is 0.419 e. The summed E-state index contributed by atoms with van der Waals surface area (Å²) in [5, 5.41) is 9.66. The fraction of sp³-hybridized carbons (Fsp3) is 0.733. The van der Waals surface area contributed by atoms with E-state index in [4.69, 9.17) is 10.5 Å². The van der Waals surface area contributed by atoms with Gasteiger partial charge in [0.25, 0.3) is 0 Å². The number of nitrogens with two attached hydrogens (primary N) is 1. The van der Waals surface area contributed by atoms with Crippen LogP contribution in [0.4, 0.5) is 4.79 Å². The number of rotatable bonds is 2. The lowest BCUT2D eigenvalue weighted by Crippen LogP contribution is -2.40. The van der Waals surface area contributed by atoms with Crippen molar-refractivity contribution in [3.8, 4) is 0 Å². The first-order valence-corrected chi connectivity index (χ1v) is 7.42. The van der Waals surface area contributed by atoms with Crippen LogP contribution in [0, 0.1) is 0 Å². The van der Waals surface area contributed by atoms with Crippen LogP contribution in [-0.4, -0.2) is 39.0 Å². The zero-order valence-corrected chi connectivity index (χ0v) is 13.0. The van der Waals surface area contributed by atoms with Gasteiger partial charge in [-0.2, -0.15) is 0 Å². The Kier molecular flexibility index (Phi) is 4.39. The monoisotopic (exact) mass is 295 g/mol. The minimum atomic E-state index is -0.540. The molecule has 118 valence electrons. The van der Waals surface area contributed by atoms with E-state index in [0.717, 1.165) is 31.4 Å². The number of carbonyl (C=O) groups excluding carboxylic acids is 1. The second-order valence-corrected chi connectivity index (χ2v) is 6.86. The third-order valence-corrected chi connectivity index (χ3v) is 4.03. The maximum absolute atomic E-state index is 12.0. The van der Waals surface area contributed by atoms with Gasteiger partial charge in [0.1, 0.15) is 11.9 Å². The minimum Gasteiger partial charge on any atom is -0.443 e. The summed E-state index contributed by atoms with van der Waals surface area (Å²) in [7, 11) is 0. The first kappa shape index (κ1) is 16.0. The quantitative estimate of drug-likeness (QED) is 0.868. The molecule has 0 bridgehead atoms. The Hall–Kier alpha value is -1.40. The molecule has 0 atom stereocenters. The zero-order valence-electron chi connectivity index (χ0n) is 13.0. The normalized spacial score (nSPS) is 26.6. The van der Waals surface area contributed by atoms with Gasteiger partial charge in [0.2, 0.25) is 0 Å². The van der Waals surface area contributed by atoms with Crippen molar-refractivity contribution < 1.29 is 14.6 Å². The van der Waals surface area contributed by atoms with E-state index in [1.54, 1.807) is 6.20 Å². The average Bonchev–Trinajstić information content (AvgIpc) is 2.88. The number of hydrogen-bond donors (Lipinski definition) is 2. The molecule has 0 aromatic carbocycles. The SMILES string of the molecule is CC(C)(C)OC(=O)n1cnc(C2(CN)CCC(O)CC2)c1. The van der Waals surface area contributed by atoms with Crippen LogP contribution < -0.4 is 5.73 Å². The molecule has 0 amide bonds. The molecule has 1 aliphatic carbocycles. The van der Waals surface area contributed by atoms with Crippen LogP contribution in [0.3, 0.4) is 0 Å². The molecular weight excluding hydrogens is 270 g/mol. The van der Waals surface area contributed by atoms with E-state index in [0.29, 0.717) is 6.54 Å². The Morgan fingerprint density at radius 3 is 2.67 bits per heavy atom. The van der Waals surface area contributed by atoms with Crippen molar-refractivity contribution >= 4 is 6.09 Å². The average molecular weight is 295 g/mol. The number of ether oxygens (including phenoxy) is 1. The van der Waals surface area contributed by atoms with E-state index < -0.39 is 11.7 Å². The molecule has 6 heteroatoms. The van der Waals surface area contributed by atoms with Crippen molar-refractivity contribution in [1.29, 1.82) is 0 Å². The molecular formula is C15H25N3O3. The summed E-state index contributed by atoms with van der Waals surface area (Å²) < 4.78 is 6.68. The van der Waals surface area contributed by atoms with Gasteiger partial charge in [0.05, 0.1) is 11.8 Å². The summed E-state index contributed by atoms with van der Waals surface area (Å²) in [6.07, 6.45) is 5.51. The molecule has 3 N–H and O–H groups in total. The number of hydrogen-bond acceptors (Lipinski definition) is 5. The Morgan fingerprint density at radius 2 is 2.14 bits per heavy atom. The van der Waals surface area contributed by atoms with Crippen LogP contribution in [0.25, 0.3) is 0 Å². The van der Waals surface area contributed by atoms with E-state index in [-0.39, 0.29) is 11.5 Å². The van der Waals surface area contributed by atoms with Crippen molar-refractivity contribution in [2.45, 2.75) is 63.6 Å². The lowest BCUT2D eigenvalue weighted by Gasteiger charge is -2.36. The molecule has 21 heavy (non-hydrogen) atoms. The number of aliphatic hydroxyl groups excluding tert-OH is 1. The lowest BCUT2D eigenvalue weighted by molar-refractivity contribution is 0.0535. The lowest BCUT2D eigenvalue weighted by atomic mass is 9.71. The van der Waals surface area contributed by atoms with Crippen molar-refractivity contribution in [3.63, 3.8) is 0 Å². The standard InChI is InChI=1S/C15H25N3O3/c1-14(2,3)21-13(20)18-8-12(17-10-18)15(9-16)6-4-11(19)5-7-15/h8,10-11,19H,4-7,9,16H2,1-3H3. The van der Waals surface area contributed by atoms with Crippen molar-refractivity contribution in [3.05, 3.63) is 18.2 Å². The second-order valence-electron chi connectivity index (χ2n) is 6.86. The van der Waals surface area contributed by atoms with Crippen LogP contribution >= 0.6 is 0 Å². The number of imidazole rings is 1. The molecule has 0 saturated heterocycles. The maximum atomic E-state index is 12.0. The molecule has 6 nitrogen and oxygen atoms in total. The topological polar surface area (TPSA) is 90.4 Å². The summed E-state index contributed by atoms with van der Waals surface area (Å²) in [4.78, 5) is 16.4. The molecule has 0 unspecified atom stereocenters. The highest BCUT2D eigenvalue weighted by Gasteiger charge is 2.37. The molecule has 2 rings (SSSR count). The Labute approximate surface area is 125 Å². The molecule has 1 fully saturated rings. The molecule has 0 radical (unpaired) electrons. The summed E-state index contributed by atoms with van der Waals surface area (Å²) in [5.74, 6) is 0. The fourth-order valence-corrected chi connectivity index (χ4v) is 2.73. The van der Waals surface area contributed by atoms with Gasteiger partial charge in [-0.05, 0) is 46.5 Å². The summed E-state index contributed by atoms with van der Waals surface area (Å²) in [5.41, 5.74) is 5.98. The summed E-state index contributed by atoms with van der Waals surface area (Å²) in [6, 6.07) is 0. The highest BCUT2D eigenvalue weighted by atomic mass is 16.6. The molecule has 1 saturated carbocycles. The summed E-state index contributed by atoms with van der Waals surface area (Å²) in [6.45, 7) is 5.94. The molecule has 1 aromatic rings. The largest absolute Gasteiger partial charge is 0.443 e. The number of aliphatic hydroxyl groups is 1.